The van der Waals surface area contributed by atoms with Gasteiger partial charge in [0.15, 0.2) is 0 Å². The first-order valence-corrected chi connectivity index (χ1v) is 6.38. The van der Waals surface area contributed by atoms with Gasteiger partial charge in [0.25, 0.3) is 0 Å². The minimum atomic E-state index is 0.160. The van der Waals surface area contributed by atoms with Gasteiger partial charge in [0.2, 0.25) is 0 Å². The molecule has 2 heteroatoms. The van der Waals surface area contributed by atoms with Gasteiger partial charge < -0.3 is 10.2 Å². The molecule has 1 aromatic heterocycles. The Bertz CT molecular complexity index is 344. The highest BCUT2D eigenvalue weighted by molar-refractivity contribution is 5.17. The van der Waals surface area contributed by atoms with E-state index in [1.165, 1.54) is 24.8 Å². The maximum atomic E-state index is 6.33. The molecule has 0 aromatic carbocycles. The van der Waals surface area contributed by atoms with E-state index in [1.54, 1.807) is 0 Å². The largest absolute Gasteiger partial charge is 0.469 e. The highest BCUT2D eigenvalue weighted by Gasteiger charge is 2.29. The Morgan fingerprint density at radius 1 is 1.31 bits per heavy atom. The zero-order valence-corrected chi connectivity index (χ0v) is 10.6. The van der Waals surface area contributed by atoms with Crippen LogP contribution >= 0.6 is 0 Å². The number of furan rings is 1. The van der Waals surface area contributed by atoms with E-state index in [9.17, 15) is 0 Å². The molecule has 0 spiro atoms. The second-order valence-electron chi connectivity index (χ2n) is 5.54. The topological polar surface area (TPSA) is 39.2 Å². The van der Waals surface area contributed by atoms with Crippen LogP contribution in [0.3, 0.4) is 0 Å². The van der Waals surface area contributed by atoms with Crippen LogP contribution in [0.4, 0.5) is 0 Å². The Hall–Kier alpha value is -0.760. The van der Waals surface area contributed by atoms with Crippen LogP contribution in [-0.2, 0) is 0 Å². The van der Waals surface area contributed by atoms with E-state index in [-0.39, 0.29) is 6.04 Å². The van der Waals surface area contributed by atoms with Gasteiger partial charge in [-0.15, -0.1) is 0 Å². The lowest BCUT2D eigenvalue weighted by atomic mass is 9.72. The average molecular weight is 221 g/mol. The monoisotopic (exact) mass is 221 g/mol. The lowest BCUT2D eigenvalue weighted by Crippen LogP contribution is -2.29. The molecule has 2 nitrogen and oxygen atoms in total. The third kappa shape index (κ3) is 2.32. The predicted molar refractivity (Wildman–Crippen MR) is 66.0 cm³/mol. The SMILES string of the molecule is Cc1cc(C(N)C2CCC(C)C(C)C2)co1. The van der Waals surface area contributed by atoms with Gasteiger partial charge in [-0.25, -0.2) is 0 Å². The molecule has 2 N–H and O–H groups in total. The van der Waals surface area contributed by atoms with Gasteiger partial charge in [-0.2, -0.15) is 0 Å². The van der Waals surface area contributed by atoms with Gasteiger partial charge in [-0.05, 0) is 43.6 Å². The smallest absolute Gasteiger partial charge is 0.101 e. The first-order valence-electron chi connectivity index (χ1n) is 6.38. The van der Waals surface area contributed by atoms with Crippen molar-refractivity contribution in [1.29, 1.82) is 0 Å². The molecule has 0 saturated heterocycles. The van der Waals surface area contributed by atoms with Crippen LogP contribution in [-0.4, -0.2) is 0 Å². The van der Waals surface area contributed by atoms with Crippen molar-refractivity contribution in [3.63, 3.8) is 0 Å². The van der Waals surface area contributed by atoms with Gasteiger partial charge in [0, 0.05) is 11.6 Å². The molecule has 1 aliphatic carbocycles. The Morgan fingerprint density at radius 3 is 2.62 bits per heavy atom. The number of hydrogen-bond donors (Lipinski definition) is 1. The van der Waals surface area contributed by atoms with Crippen LogP contribution in [0.15, 0.2) is 16.7 Å². The molecule has 0 amide bonds. The summed E-state index contributed by atoms with van der Waals surface area (Å²) >= 11 is 0. The van der Waals surface area contributed by atoms with Crippen molar-refractivity contribution < 1.29 is 4.42 Å². The standard InChI is InChI=1S/C14H23NO/c1-9-4-5-12(6-10(9)2)14(15)13-7-11(3)16-8-13/h7-10,12,14H,4-6,15H2,1-3H3. The van der Waals surface area contributed by atoms with Crippen LogP contribution < -0.4 is 5.73 Å². The molecule has 1 fully saturated rings. The Kier molecular flexibility index (Phi) is 3.38. The molecule has 1 heterocycles. The van der Waals surface area contributed by atoms with Crippen LogP contribution in [0.1, 0.15) is 50.5 Å². The van der Waals surface area contributed by atoms with Gasteiger partial charge in [-0.3, -0.25) is 0 Å². The summed E-state index contributed by atoms with van der Waals surface area (Å²) in [6, 6.07) is 2.24. The molecule has 1 aromatic rings. The molecular formula is C14H23NO. The van der Waals surface area contributed by atoms with Crippen LogP contribution in [0, 0.1) is 24.7 Å². The number of hydrogen-bond acceptors (Lipinski definition) is 2. The minimum Gasteiger partial charge on any atom is -0.469 e. The van der Waals surface area contributed by atoms with Crippen molar-refractivity contribution in [2.24, 2.45) is 23.5 Å². The fourth-order valence-corrected chi connectivity index (χ4v) is 2.83. The molecular weight excluding hydrogens is 198 g/mol. The van der Waals surface area contributed by atoms with Gasteiger partial charge in [0.1, 0.15) is 5.76 Å². The normalized spacial score (nSPS) is 32.6. The summed E-state index contributed by atoms with van der Waals surface area (Å²) in [4.78, 5) is 0. The number of rotatable bonds is 2. The summed E-state index contributed by atoms with van der Waals surface area (Å²) in [5.41, 5.74) is 7.50. The summed E-state index contributed by atoms with van der Waals surface area (Å²) in [7, 11) is 0. The lowest BCUT2D eigenvalue weighted by Gasteiger charge is -2.34. The van der Waals surface area contributed by atoms with Gasteiger partial charge in [0.05, 0.1) is 6.26 Å². The second kappa shape index (κ2) is 4.62. The Labute approximate surface area is 98.2 Å². The molecule has 16 heavy (non-hydrogen) atoms. The van der Waals surface area contributed by atoms with Crippen LogP contribution in [0.2, 0.25) is 0 Å². The fourth-order valence-electron chi connectivity index (χ4n) is 2.83. The Morgan fingerprint density at radius 2 is 2.06 bits per heavy atom. The molecule has 1 aliphatic rings. The third-order valence-corrected chi connectivity index (χ3v) is 4.28. The fraction of sp³-hybridized carbons (Fsp3) is 0.714. The summed E-state index contributed by atoms with van der Waals surface area (Å²) in [6.07, 6.45) is 5.66. The average Bonchev–Trinajstić information content (AvgIpc) is 2.68. The summed E-state index contributed by atoms with van der Waals surface area (Å²) in [5, 5.41) is 0. The van der Waals surface area contributed by atoms with E-state index in [0.717, 1.165) is 17.6 Å². The molecule has 4 atom stereocenters. The van der Waals surface area contributed by atoms with Crippen molar-refractivity contribution in [1.82, 2.24) is 0 Å². The molecule has 1 saturated carbocycles. The molecule has 0 bridgehead atoms. The van der Waals surface area contributed by atoms with Crippen molar-refractivity contribution in [2.75, 3.05) is 0 Å². The van der Waals surface area contributed by atoms with Gasteiger partial charge >= 0.3 is 0 Å². The molecule has 4 unspecified atom stereocenters. The zero-order valence-electron chi connectivity index (χ0n) is 10.6. The summed E-state index contributed by atoms with van der Waals surface area (Å²) in [5.74, 6) is 3.25. The van der Waals surface area contributed by atoms with Gasteiger partial charge in [-0.1, -0.05) is 20.3 Å². The number of aryl methyl sites for hydroxylation is 1. The van der Waals surface area contributed by atoms with Crippen molar-refractivity contribution in [3.8, 4) is 0 Å². The van der Waals surface area contributed by atoms with E-state index in [4.69, 9.17) is 10.2 Å². The van der Waals surface area contributed by atoms with E-state index in [2.05, 4.69) is 19.9 Å². The zero-order chi connectivity index (χ0) is 11.7. The van der Waals surface area contributed by atoms with Crippen molar-refractivity contribution in [3.05, 3.63) is 23.7 Å². The molecule has 0 radical (unpaired) electrons. The quantitative estimate of drug-likeness (QED) is 0.827. The lowest BCUT2D eigenvalue weighted by molar-refractivity contribution is 0.186. The maximum Gasteiger partial charge on any atom is 0.101 e. The Balaban J connectivity index is 2.02. The molecule has 0 aliphatic heterocycles. The van der Waals surface area contributed by atoms with Crippen LogP contribution in [0.25, 0.3) is 0 Å². The van der Waals surface area contributed by atoms with E-state index >= 15 is 0 Å². The second-order valence-corrected chi connectivity index (χ2v) is 5.54. The first kappa shape index (κ1) is 11.7. The molecule has 90 valence electrons. The van der Waals surface area contributed by atoms with E-state index in [1.807, 2.05) is 13.2 Å². The van der Waals surface area contributed by atoms with E-state index in [0.29, 0.717) is 5.92 Å². The van der Waals surface area contributed by atoms with E-state index < -0.39 is 0 Å². The van der Waals surface area contributed by atoms with Crippen molar-refractivity contribution >= 4 is 0 Å². The highest BCUT2D eigenvalue weighted by Crippen LogP contribution is 2.39. The number of nitrogens with two attached hydrogens (primary N) is 1. The highest BCUT2D eigenvalue weighted by atomic mass is 16.3. The minimum absolute atomic E-state index is 0.160. The summed E-state index contributed by atoms with van der Waals surface area (Å²) in [6.45, 7) is 6.68. The maximum absolute atomic E-state index is 6.33. The van der Waals surface area contributed by atoms with Crippen LogP contribution in [0.5, 0.6) is 0 Å². The predicted octanol–water partition coefficient (Wildman–Crippen LogP) is 3.66. The third-order valence-electron chi connectivity index (χ3n) is 4.28. The molecule has 2 rings (SSSR count). The first-order chi connectivity index (χ1) is 7.58. The summed E-state index contributed by atoms with van der Waals surface area (Å²) < 4.78 is 5.34. The van der Waals surface area contributed by atoms with Crippen molar-refractivity contribution in [2.45, 2.75) is 46.1 Å².